The molecule has 6 heteroatoms. The van der Waals surface area contributed by atoms with Crippen molar-refractivity contribution >= 4 is 134 Å². The van der Waals surface area contributed by atoms with Crippen molar-refractivity contribution in [2.24, 2.45) is 0 Å². The number of hydrogen-bond donors (Lipinski definition) is 0. The molecule has 0 atom stereocenters. The first kappa shape index (κ1) is 42.6. The largest absolute Gasteiger partial charge is 0.317 e. The van der Waals surface area contributed by atoms with E-state index in [2.05, 4.69) is 225 Å². The van der Waals surface area contributed by atoms with Crippen molar-refractivity contribution in [2.75, 3.05) is 0 Å². The molecule has 0 fully saturated rings. The fourth-order valence-electron chi connectivity index (χ4n) is 12.3. The molecule has 0 bridgehead atoms. The van der Waals surface area contributed by atoms with Gasteiger partial charge in [0.1, 0.15) is 6.07 Å². The zero-order chi connectivity index (χ0) is 49.7. The lowest BCUT2D eigenvalue weighted by Crippen LogP contribution is -2.09. The first-order valence-electron chi connectivity index (χ1n) is 25.0. The van der Waals surface area contributed by atoms with Crippen LogP contribution in [0.3, 0.4) is 0 Å². The number of nitriles is 1. The van der Waals surface area contributed by atoms with Crippen molar-refractivity contribution in [3.05, 3.63) is 221 Å². The van der Waals surface area contributed by atoms with E-state index in [1.165, 1.54) is 42.1 Å². The summed E-state index contributed by atoms with van der Waals surface area (Å²) < 4.78 is 9.60. The Morgan fingerprint density at radius 1 is 0.419 bits per heavy atom. The van der Waals surface area contributed by atoms with Gasteiger partial charge in [-0.1, -0.05) is 146 Å². The topological polar surface area (TPSA) is 38.0 Å². The lowest BCUT2D eigenvalue weighted by atomic mass is 9.85. The predicted molar refractivity (Wildman–Crippen MR) is 317 cm³/mol. The molecule has 11 aromatic carbocycles. The predicted octanol–water partition coefficient (Wildman–Crippen LogP) is 19.9. The average Bonchev–Trinajstić information content (AvgIpc) is 4.18. The Balaban J connectivity index is 1.30. The van der Waals surface area contributed by atoms with Crippen LogP contribution in [0.4, 0.5) is 5.69 Å². The maximum absolute atomic E-state index is 12.5. The van der Waals surface area contributed by atoms with Crippen molar-refractivity contribution in [3.8, 4) is 39.7 Å². The van der Waals surface area contributed by atoms with E-state index in [9.17, 15) is 11.8 Å². The fourth-order valence-corrected chi connectivity index (χ4v) is 14.8. The van der Waals surface area contributed by atoms with Gasteiger partial charge in [-0.15, -0.1) is 22.7 Å². The molecule has 0 aliphatic carbocycles. The maximum Gasteiger partial charge on any atom is 0.220 e. The van der Waals surface area contributed by atoms with Crippen LogP contribution < -0.4 is 0 Å². The van der Waals surface area contributed by atoms with Crippen LogP contribution in [0.15, 0.2) is 182 Å². The monoisotopic (exact) mass is 978 g/mol. The van der Waals surface area contributed by atoms with Crippen LogP contribution in [0.2, 0.25) is 0 Å². The number of fused-ring (bicyclic) bond motifs is 16. The molecular weight excluding hydrogens is 937 g/mol. The lowest BCUT2D eigenvalue weighted by molar-refractivity contribution is 1.14. The molecule has 4 nitrogen and oxygen atoms in total. The van der Waals surface area contributed by atoms with Crippen LogP contribution >= 0.6 is 22.7 Å². The van der Waals surface area contributed by atoms with Gasteiger partial charge in [0.15, 0.2) is 0 Å². The van der Waals surface area contributed by atoms with Gasteiger partial charge >= 0.3 is 0 Å². The molecule has 0 amide bonds. The van der Waals surface area contributed by atoms with Crippen LogP contribution in [-0.4, -0.2) is 9.13 Å². The molecule has 15 rings (SSSR count). The van der Waals surface area contributed by atoms with Gasteiger partial charge in [0.2, 0.25) is 5.69 Å². The third kappa shape index (κ3) is 5.75. The Labute approximate surface area is 434 Å². The highest BCUT2D eigenvalue weighted by atomic mass is 32.1. The molecular formula is C68H42N4S2. The molecule has 4 heterocycles. The Hall–Kier alpha value is -9.04. The number of thiophene rings is 2. The summed E-state index contributed by atoms with van der Waals surface area (Å²) in [7, 11) is 0. The number of benzene rings is 11. The first-order chi connectivity index (χ1) is 36.3. The Bertz CT molecular complexity index is 4850. The van der Waals surface area contributed by atoms with E-state index < -0.39 is 0 Å². The van der Waals surface area contributed by atoms with Crippen LogP contribution in [0.5, 0.6) is 0 Å². The number of aryl methyl sites for hydroxylation is 4. The summed E-state index contributed by atoms with van der Waals surface area (Å²) in [5.74, 6) is 0. The summed E-state index contributed by atoms with van der Waals surface area (Å²) in [6.07, 6.45) is 0. The van der Waals surface area contributed by atoms with E-state index in [1.54, 1.807) is 0 Å². The van der Waals surface area contributed by atoms with E-state index in [1.807, 2.05) is 22.7 Å². The second-order valence-corrected chi connectivity index (χ2v) is 22.0. The zero-order valence-corrected chi connectivity index (χ0v) is 42.6. The third-order valence-corrected chi connectivity index (χ3v) is 18.4. The van der Waals surface area contributed by atoms with Crippen molar-refractivity contribution in [2.45, 2.75) is 27.7 Å². The highest BCUT2D eigenvalue weighted by Gasteiger charge is 2.34. The minimum atomic E-state index is 0.430. The van der Waals surface area contributed by atoms with Crippen molar-refractivity contribution in [1.29, 1.82) is 5.26 Å². The lowest BCUT2D eigenvalue weighted by Gasteiger charge is -2.27. The smallest absolute Gasteiger partial charge is 0.220 e. The Morgan fingerprint density at radius 2 is 0.838 bits per heavy atom. The Morgan fingerprint density at radius 3 is 1.34 bits per heavy atom. The molecule has 0 radical (unpaired) electrons. The van der Waals surface area contributed by atoms with Gasteiger partial charge in [-0.05, 0) is 119 Å². The van der Waals surface area contributed by atoms with Gasteiger partial charge in [0.05, 0.1) is 55.0 Å². The van der Waals surface area contributed by atoms with Crippen LogP contribution in [0.25, 0.3) is 144 Å². The van der Waals surface area contributed by atoms with Gasteiger partial charge in [-0.3, -0.25) is 0 Å². The van der Waals surface area contributed by atoms with Gasteiger partial charge < -0.3 is 9.13 Å². The SMILES string of the molecule is [C-]#[N+]c1c(-c2cccc3ccccc23)c(C#N)c(-n2c3cc(C)c(C)cc3c3ccc4c5ccccc5sc4c32)c(-c2cccc3ccccc23)c1-n1c2cc(C)c(C)cc2c2ccc3c4ccccc4sc3c21. The molecule has 346 valence electrons. The zero-order valence-electron chi connectivity index (χ0n) is 40.9. The van der Waals surface area contributed by atoms with Crippen LogP contribution in [0, 0.1) is 45.6 Å². The first-order valence-corrected chi connectivity index (χ1v) is 26.6. The molecule has 0 unspecified atom stereocenters. The van der Waals surface area contributed by atoms with Crippen LogP contribution in [0.1, 0.15) is 27.8 Å². The van der Waals surface area contributed by atoms with E-state index in [0.29, 0.717) is 16.8 Å². The summed E-state index contributed by atoms with van der Waals surface area (Å²) in [5.41, 5.74) is 14.5. The number of rotatable bonds is 4. The molecule has 0 aliphatic heterocycles. The molecule has 4 aromatic heterocycles. The minimum Gasteiger partial charge on any atom is -0.317 e. The van der Waals surface area contributed by atoms with E-state index >= 15 is 0 Å². The number of nitrogens with zero attached hydrogens (tertiary/aromatic N) is 4. The third-order valence-electron chi connectivity index (χ3n) is 16.0. The molecule has 74 heavy (non-hydrogen) atoms. The second-order valence-electron chi connectivity index (χ2n) is 19.9. The fraction of sp³-hybridized carbons (Fsp3) is 0.0588. The number of aromatic nitrogens is 2. The second kappa shape index (κ2) is 15.7. The molecule has 0 spiro atoms. The van der Waals surface area contributed by atoms with Crippen molar-refractivity contribution < 1.29 is 0 Å². The van der Waals surface area contributed by atoms with Gasteiger partial charge in [-0.25, -0.2) is 4.85 Å². The van der Waals surface area contributed by atoms with Gasteiger partial charge in [0, 0.05) is 63.6 Å². The average molecular weight is 979 g/mol. The summed E-state index contributed by atoms with van der Waals surface area (Å²) in [4.78, 5) is 4.79. The quantitative estimate of drug-likeness (QED) is 0.162. The molecule has 0 aliphatic rings. The normalized spacial score (nSPS) is 12.0. The maximum atomic E-state index is 12.5. The minimum absolute atomic E-state index is 0.430. The molecule has 0 N–H and O–H groups in total. The Kier molecular flexibility index (Phi) is 9.06. The summed E-state index contributed by atoms with van der Waals surface area (Å²) >= 11 is 3.62. The molecule has 0 saturated heterocycles. The molecule has 15 aromatic rings. The van der Waals surface area contributed by atoms with Gasteiger partial charge in [0.25, 0.3) is 0 Å². The van der Waals surface area contributed by atoms with E-state index in [4.69, 9.17) is 4.85 Å². The highest BCUT2D eigenvalue weighted by Crippen LogP contribution is 2.56. The standard InChI is InChI=1S/C68H42N4S2/c1-37-32-53-49-28-30-51-45-22-10-12-26-58(45)73-67(51)64(49)71(56(53)34-39(37)3)63-55(36-69)60(47-24-14-18-41-16-6-8-20-43(41)47)62(70-5)66(61(63)48-25-15-19-42-17-7-9-21-44(42)48)72-57-35-40(4)38(2)33-54(57)50-29-31-52-46-23-11-13-27-59(46)74-68(52)65(50)72/h6-35H,1-4H3. The van der Waals surface area contributed by atoms with Crippen molar-refractivity contribution in [1.82, 2.24) is 9.13 Å². The van der Waals surface area contributed by atoms with Crippen LogP contribution in [-0.2, 0) is 0 Å². The molecule has 0 saturated carbocycles. The number of hydrogen-bond acceptors (Lipinski definition) is 3. The summed E-state index contributed by atoms with van der Waals surface area (Å²) in [6.45, 7) is 18.5. The highest BCUT2D eigenvalue weighted by molar-refractivity contribution is 7.27. The summed E-state index contributed by atoms with van der Waals surface area (Å²) in [5, 5.41) is 25.9. The summed E-state index contributed by atoms with van der Waals surface area (Å²) in [6, 6.07) is 68.6. The van der Waals surface area contributed by atoms with E-state index in [-0.39, 0.29) is 0 Å². The van der Waals surface area contributed by atoms with Gasteiger partial charge in [-0.2, -0.15) is 5.26 Å². The van der Waals surface area contributed by atoms with Crippen molar-refractivity contribution in [3.63, 3.8) is 0 Å². The van der Waals surface area contributed by atoms with E-state index in [0.717, 1.165) is 114 Å².